The first kappa shape index (κ1) is 16.3. The van der Waals surface area contributed by atoms with Crippen LogP contribution in [0.5, 0.6) is 5.75 Å². The Balaban J connectivity index is 1.46. The van der Waals surface area contributed by atoms with Crippen LogP contribution in [0.15, 0.2) is 53.9 Å². The van der Waals surface area contributed by atoms with Crippen LogP contribution in [0, 0.1) is 17.8 Å². The van der Waals surface area contributed by atoms with Gasteiger partial charge in [-0.25, -0.2) is 0 Å². The fourth-order valence-corrected chi connectivity index (χ4v) is 5.07. The number of methoxy groups -OCH3 is 1. The number of hydrogen-bond acceptors (Lipinski definition) is 5. The summed E-state index contributed by atoms with van der Waals surface area (Å²) in [6, 6.07) is 11.2. The van der Waals surface area contributed by atoms with Crippen LogP contribution in [-0.2, 0) is 9.63 Å². The van der Waals surface area contributed by atoms with E-state index in [1.807, 2.05) is 36.4 Å². The highest BCUT2D eigenvalue weighted by molar-refractivity contribution is 6.10. The third kappa shape index (κ3) is 2.36. The van der Waals surface area contributed by atoms with Gasteiger partial charge in [-0.05, 0) is 61.6 Å². The number of amides is 1. The number of anilines is 1. The molecular formula is C21H21N3O3. The molecule has 0 saturated heterocycles. The van der Waals surface area contributed by atoms with E-state index in [0.717, 1.165) is 42.0 Å². The normalized spacial score (nSPS) is 30.4. The number of carbonyl (C=O) groups is 1. The molecule has 0 spiro atoms. The summed E-state index contributed by atoms with van der Waals surface area (Å²) in [4.78, 5) is 23.6. The van der Waals surface area contributed by atoms with Gasteiger partial charge in [0.2, 0.25) is 5.60 Å². The van der Waals surface area contributed by atoms with Gasteiger partial charge in [0, 0.05) is 29.6 Å². The van der Waals surface area contributed by atoms with E-state index in [1.54, 1.807) is 19.5 Å². The maximum absolute atomic E-state index is 13.4. The molecule has 27 heavy (non-hydrogen) atoms. The van der Waals surface area contributed by atoms with Crippen molar-refractivity contribution in [2.75, 3.05) is 12.4 Å². The number of aromatic nitrogens is 1. The summed E-state index contributed by atoms with van der Waals surface area (Å²) in [5, 5.41) is 7.44. The van der Waals surface area contributed by atoms with Crippen LogP contribution in [-0.4, -0.2) is 29.3 Å². The number of nitrogens with one attached hydrogen (secondary N) is 1. The molecule has 1 aromatic heterocycles. The number of fused-ring (bicyclic) bond motifs is 5. The summed E-state index contributed by atoms with van der Waals surface area (Å²) in [5.74, 6) is 1.26. The predicted molar refractivity (Wildman–Crippen MR) is 101 cm³/mol. The van der Waals surface area contributed by atoms with Crippen LogP contribution in [0.2, 0.25) is 0 Å². The first-order chi connectivity index (χ1) is 13.2. The van der Waals surface area contributed by atoms with E-state index >= 15 is 0 Å². The molecule has 2 bridgehead atoms. The molecule has 0 unspecified atom stereocenters. The first-order valence-electron chi connectivity index (χ1n) is 9.34. The summed E-state index contributed by atoms with van der Waals surface area (Å²) in [6.07, 6.45) is 6.68. The Hall–Kier alpha value is -2.89. The Kier molecular flexibility index (Phi) is 3.67. The lowest BCUT2D eigenvalue weighted by Gasteiger charge is -2.35. The molecule has 2 heterocycles. The molecule has 2 fully saturated rings. The molecule has 5 rings (SSSR count). The molecule has 0 radical (unpaired) electrons. The zero-order valence-corrected chi connectivity index (χ0v) is 15.1. The van der Waals surface area contributed by atoms with Crippen molar-refractivity contribution in [2.24, 2.45) is 22.9 Å². The molecule has 1 N–H and O–H groups in total. The second kappa shape index (κ2) is 6.08. The van der Waals surface area contributed by atoms with E-state index in [9.17, 15) is 4.79 Å². The Morgan fingerprint density at radius 3 is 2.85 bits per heavy atom. The van der Waals surface area contributed by atoms with Gasteiger partial charge in [0.25, 0.3) is 5.91 Å². The van der Waals surface area contributed by atoms with Crippen molar-refractivity contribution in [3.05, 3.63) is 54.4 Å². The molecule has 3 aliphatic rings. The van der Waals surface area contributed by atoms with E-state index < -0.39 is 5.60 Å². The maximum Gasteiger partial charge on any atom is 0.272 e. The Labute approximate surface area is 157 Å². The Morgan fingerprint density at radius 1 is 1.26 bits per heavy atom. The zero-order chi connectivity index (χ0) is 18.4. The molecule has 6 nitrogen and oxygen atoms in total. The molecule has 1 amide bonds. The highest BCUT2D eigenvalue weighted by atomic mass is 16.7. The fraction of sp³-hybridized carbons (Fsp3) is 0.381. The minimum absolute atomic E-state index is 0.0151. The van der Waals surface area contributed by atoms with Gasteiger partial charge in [-0.15, -0.1) is 0 Å². The quantitative estimate of drug-likeness (QED) is 0.905. The van der Waals surface area contributed by atoms with Crippen molar-refractivity contribution >= 4 is 17.3 Å². The van der Waals surface area contributed by atoms with Crippen molar-refractivity contribution in [3.8, 4) is 5.75 Å². The zero-order valence-electron chi connectivity index (χ0n) is 15.1. The van der Waals surface area contributed by atoms with Crippen LogP contribution in [0.1, 0.15) is 24.8 Å². The van der Waals surface area contributed by atoms with Gasteiger partial charge >= 0.3 is 0 Å². The maximum atomic E-state index is 13.4. The van der Waals surface area contributed by atoms with Crippen LogP contribution < -0.4 is 10.1 Å². The molecule has 4 atom stereocenters. The average Bonchev–Trinajstić information content (AvgIpc) is 3.41. The fourth-order valence-electron chi connectivity index (χ4n) is 5.07. The van der Waals surface area contributed by atoms with Crippen molar-refractivity contribution in [2.45, 2.75) is 24.9 Å². The number of ether oxygens (including phenoxy) is 1. The second-order valence-corrected chi connectivity index (χ2v) is 7.53. The smallest absolute Gasteiger partial charge is 0.272 e. The highest BCUT2D eigenvalue weighted by Crippen LogP contribution is 2.60. The third-order valence-corrected chi connectivity index (χ3v) is 6.26. The van der Waals surface area contributed by atoms with Gasteiger partial charge in [-0.3, -0.25) is 9.78 Å². The van der Waals surface area contributed by atoms with E-state index in [4.69, 9.17) is 9.57 Å². The van der Waals surface area contributed by atoms with E-state index in [-0.39, 0.29) is 17.7 Å². The molecule has 6 heteroatoms. The van der Waals surface area contributed by atoms with E-state index in [2.05, 4.69) is 15.5 Å². The molecule has 1 aliphatic heterocycles. The van der Waals surface area contributed by atoms with Gasteiger partial charge in [-0.1, -0.05) is 5.16 Å². The lowest BCUT2D eigenvalue weighted by Crippen LogP contribution is -2.53. The third-order valence-electron chi connectivity index (χ3n) is 6.26. The topological polar surface area (TPSA) is 72.8 Å². The van der Waals surface area contributed by atoms with Crippen molar-refractivity contribution in [1.82, 2.24) is 4.98 Å². The Bertz CT molecular complexity index is 897. The molecule has 2 aromatic rings. The van der Waals surface area contributed by atoms with Crippen molar-refractivity contribution < 1.29 is 14.4 Å². The van der Waals surface area contributed by atoms with Crippen LogP contribution in [0.3, 0.4) is 0 Å². The second-order valence-electron chi connectivity index (χ2n) is 7.53. The number of pyridine rings is 1. The number of rotatable bonds is 4. The van der Waals surface area contributed by atoms with Gasteiger partial charge in [0.15, 0.2) is 0 Å². The summed E-state index contributed by atoms with van der Waals surface area (Å²) in [6.45, 7) is 0. The SMILES string of the molecule is COc1ccc(NC(=O)[C@]23ON=C(c4cccnc4)[C@H]2[C@@H]2CC[C@H]3C2)cc1. The van der Waals surface area contributed by atoms with Gasteiger partial charge < -0.3 is 14.9 Å². The van der Waals surface area contributed by atoms with Crippen molar-refractivity contribution in [1.29, 1.82) is 0 Å². The van der Waals surface area contributed by atoms with Crippen LogP contribution in [0.4, 0.5) is 5.69 Å². The van der Waals surface area contributed by atoms with Crippen LogP contribution in [0.25, 0.3) is 0 Å². The standard InChI is InChI=1S/C21H21N3O3/c1-26-17-8-6-16(7-9-17)23-20(25)21-15-5-4-13(11-15)18(21)19(24-27-21)14-3-2-10-22-12-14/h2-3,6-10,12-13,15,18H,4-5,11H2,1H3,(H,23,25)/t13-,15+,18-,21-/m1/s1. The number of carbonyl (C=O) groups excluding carboxylic acids is 1. The van der Waals surface area contributed by atoms with Gasteiger partial charge in [0.05, 0.1) is 18.7 Å². The number of hydrogen-bond donors (Lipinski definition) is 1. The molecule has 2 aliphatic carbocycles. The monoisotopic (exact) mass is 363 g/mol. The highest BCUT2D eigenvalue weighted by Gasteiger charge is 2.69. The summed E-state index contributed by atoms with van der Waals surface area (Å²) >= 11 is 0. The first-order valence-corrected chi connectivity index (χ1v) is 9.34. The lowest BCUT2D eigenvalue weighted by atomic mass is 9.72. The molecular weight excluding hydrogens is 342 g/mol. The number of oxime groups is 1. The minimum atomic E-state index is -0.909. The number of nitrogens with zero attached hydrogens (tertiary/aromatic N) is 2. The van der Waals surface area contributed by atoms with Crippen LogP contribution >= 0.6 is 0 Å². The minimum Gasteiger partial charge on any atom is -0.497 e. The summed E-state index contributed by atoms with van der Waals surface area (Å²) in [7, 11) is 1.62. The predicted octanol–water partition coefficient (Wildman–Crippen LogP) is 3.25. The summed E-state index contributed by atoms with van der Waals surface area (Å²) < 4.78 is 5.18. The average molecular weight is 363 g/mol. The van der Waals surface area contributed by atoms with Gasteiger partial charge in [-0.2, -0.15) is 0 Å². The Morgan fingerprint density at radius 2 is 2.11 bits per heavy atom. The summed E-state index contributed by atoms with van der Waals surface area (Å²) in [5.41, 5.74) is 1.62. The van der Waals surface area contributed by atoms with E-state index in [0.29, 0.717) is 5.92 Å². The van der Waals surface area contributed by atoms with E-state index in [1.165, 1.54) is 0 Å². The van der Waals surface area contributed by atoms with Gasteiger partial charge in [0.1, 0.15) is 5.75 Å². The molecule has 2 saturated carbocycles. The van der Waals surface area contributed by atoms with Crippen molar-refractivity contribution in [3.63, 3.8) is 0 Å². The molecule has 138 valence electrons. The molecule has 1 aromatic carbocycles. The largest absolute Gasteiger partial charge is 0.497 e. The number of benzene rings is 1. The lowest BCUT2D eigenvalue weighted by molar-refractivity contribution is -0.149.